The lowest BCUT2D eigenvalue weighted by molar-refractivity contribution is -0.125. The second-order valence-electron chi connectivity index (χ2n) is 5.69. The summed E-state index contributed by atoms with van der Waals surface area (Å²) >= 11 is 0. The van der Waals surface area contributed by atoms with Crippen molar-refractivity contribution >= 4 is 11.8 Å². The van der Waals surface area contributed by atoms with E-state index in [-0.39, 0.29) is 23.1 Å². The van der Waals surface area contributed by atoms with E-state index in [1.165, 1.54) is 0 Å². The summed E-state index contributed by atoms with van der Waals surface area (Å²) in [7, 11) is 0. The standard InChI is InChI=1S/C13H27N3O2/c1-5-15-11(17)6-7-16-12(18)10(9-14)8-13(2,3)4/h10H,5-9,14H2,1-4H3,(H,15,17)(H,16,18). The lowest BCUT2D eigenvalue weighted by Gasteiger charge is -2.24. The highest BCUT2D eigenvalue weighted by Crippen LogP contribution is 2.23. The SMILES string of the molecule is CCNC(=O)CCNC(=O)C(CN)CC(C)(C)C. The third-order valence-electron chi connectivity index (χ3n) is 2.54. The Morgan fingerprint density at radius 2 is 1.83 bits per heavy atom. The van der Waals surface area contributed by atoms with Crippen molar-refractivity contribution in [3.05, 3.63) is 0 Å². The predicted octanol–water partition coefficient (Wildman–Crippen LogP) is 0.640. The minimum Gasteiger partial charge on any atom is -0.356 e. The third kappa shape index (κ3) is 8.06. The number of hydrogen-bond acceptors (Lipinski definition) is 3. The van der Waals surface area contributed by atoms with E-state index in [2.05, 4.69) is 31.4 Å². The van der Waals surface area contributed by atoms with Crippen LogP contribution in [0.2, 0.25) is 0 Å². The number of carbonyl (C=O) groups is 2. The minimum atomic E-state index is -0.181. The normalized spacial score (nSPS) is 12.9. The van der Waals surface area contributed by atoms with Gasteiger partial charge in [-0.1, -0.05) is 20.8 Å². The fourth-order valence-corrected chi connectivity index (χ4v) is 1.75. The van der Waals surface area contributed by atoms with E-state index in [1.54, 1.807) is 0 Å². The molecule has 0 heterocycles. The van der Waals surface area contributed by atoms with Crippen LogP contribution in [-0.4, -0.2) is 31.4 Å². The summed E-state index contributed by atoms with van der Waals surface area (Å²) in [6, 6.07) is 0. The van der Waals surface area contributed by atoms with E-state index in [0.29, 0.717) is 26.1 Å². The van der Waals surface area contributed by atoms with Gasteiger partial charge in [-0.25, -0.2) is 0 Å². The topological polar surface area (TPSA) is 84.2 Å². The van der Waals surface area contributed by atoms with Gasteiger partial charge in [0.05, 0.1) is 5.92 Å². The molecule has 0 spiro atoms. The van der Waals surface area contributed by atoms with E-state index < -0.39 is 0 Å². The molecular weight excluding hydrogens is 230 g/mol. The van der Waals surface area contributed by atoms with Gasteiger partial charge in [0.25, 0.3) is 0 Å². The summed E-state index contributed by atoms with van der Waals surface area (Å²) < 4.78 is 0. The molecule has 0 bridgehead atoms. The smallest absolute Gasteiger partial charge is 0.224 e. The van der Waals surface area contributed by atoms with Crippen molar-refractivity contribution in [2.75, 3.05) is 19.6 Å². The maximum atomic E-state index is 11.9. The molecule has 0 fully saturated rings. The first-order valence-corrected chi connectivity index (χ1v) is 6.54. The zero-order valence-electron chi connectivity index (χ0n) is 12.0. The van der Waals surface area contributed by atoms with Crippen molar-refractivity contribution in [1.29, 1.82) is 0 Å². The molecule has 0 aromatic heterocycles. The van der Waals surface area contributed by atoms with Gasteiger partial charge in [0.1, 0.15) is 0 Å². The Bertz CT molecular complexity index is 272. The highest BCUT2D eigenvalue weighted by Gasteiger charge is 2.23. The molecule has 5 nitrogen and oxygen atoms in total. The summed E-state index contributed by atoms with van der Waals surface area (Å²) in [5, 5.41) is 5.45. The Morgan fingerprint density at radius 3 is 2.28 bits per heavy atom. The van der Waals surface area contributed by atoms with Crippen LogP contribution in [0.5, 0.6) is 0 Å². The molecule has 0 aliphatic rings. The Labute approximate surface area is 110 Å². The van der Waals surface area contributed by atoms with Gasteiger partial charge in [-0.3, -0.25) is 9.59 Å². The molecule has 106 valence electrons. The van der Waals surface area contributed by atoms with Crippen molar-refractivity contribution in [1.82, 2.24) is 10.6 Å². The zero-order chi connectivity index (χ0) is 14.2. The van der Waals surface area contributed by atoms with Gasteiger partial charge in [0.2, 0.25) is 11.8 Å². The number of rotatable bonds is 7. The van der Waals surface area contributed by atoms with E-state index in [4.69, 9.17) is 5.73 Å². The van der Waals surface area contributed by atoms with Crippen LogP contribution in [0.15, 0.2) is 0 Å². The second-order valence-corrected chi connectivity index (χ2v) is 5.69. The van der Waals surface area contributed by atoms with Gasteiger partial charge in [-0.05, 0) is 18.8 Å². The molecular formula is C13H27N3O2. The molecule has 2 amide bonds. The molecule has 4 N–H and O–H groups in total. The zero-order valence-corrected chi connectivity index (χ0v) is 12.0. The third-order valence-corrected chi connectivity index (χ3v) is 2.54. The van der Waals surface area contributed by atoms with Crippen LogP contribution in [0.4, 0.5) is 0 Å². The number of nitrogens with two attached hydrogens (primary N) is 1. The Balaban J connectivity index is 4.02. The lowest BCUT2D eigenvalue weighted by atomic mass is 9.84. The number of nitrogens with one attached hydrogen (secondary N) is 2. The van der Waals surface area contributed by atoms with Crippen molar-refractivity contribution in [3.63, 3.8) is 0 Å². The summed E-state index contributed by atoms with van der Waals surface area (Å²) in [4.78, 5) is 23.1. The molecule has 0 saturated heterocycles. The molecule has 0 aromatic rings. The van der Waals surface area contributed by atoms with Crippen LogP contribution in [0.3, 0.4) is 0 Å². The largest absolute Gasteiger partial charge is 0.356 e. The van der Waals surface area contributed by atoms with Crippen LogP contribution in [0, 0.1) is 11.3 Å². The average Bonchev–Trinajstić information content (AvgIpc) is 2.24. The maximum Gasteiger partial charge on any atom is 0.224 e. The van der Waals surface area contributed by atoms with Gasteiger partial charge in [-0.2, -0.15) is 0 Å². The molecule has 18 heavy (non-hydrogen) atoms. The van der Waals surface area contributed by atoms with Gasteiger partial charge in [0.15, 0.2) is 0 Å². The molecule has 0 saturated carbocycles. The van der Waals surface area contributed by atoms with Crippen molar-refractivity contribution < 1.29 is 9.59 Å². The predicted molar refractivity (Wildman–Crippen MR) is 72.9 cm³/mol. The lowest BCUT2D eigenvalue weighted by Crippen LogP contribution is -2.38. The minimum absolute atomic E-state index is 0.0436. The molecule has 0 aliphatic heterocycles. The summed E-state index contributed by atoms with van der Waals surface area (Å²) in [5.41, 5.74) is 5.69. The Morgan fingerprint density at radius 1 is 1.22 bits per heavy atom. The van der Waals surface area contributed by atoms with Crippen molar-refractivity contribution in [2.45, 2.75) is 40.5 Å². The first-order chi connectivity index (χ1) is 8.30. The van der Waals surface area contributed by atoms with E-state index >= 15 is 0 Å². The number of amides is 2. The van der Waals surface area contributed by atoms with E-state index in [9.17, 15) is 9.59 Å². The molecule has 0 radical (unpaired) electrons. The maximum absolute atomic E-state index is 11.9. The van der Waals surface area contributed by atoms with E-state index in [1.807, 2.05) is 6.92 Å². The first kappa shape index (κ1) is 16.9. The highest BCUT2D eigenvalue weighted by molar-refractivity contribution is 5.80. The molecule has 1 atom stereocenters. The number of carbonyl (C=O) groups excluding carboxylic acids is 2. The van der Waals surface area contributed by atoms with Gasteiger partial charge < -0.3 is 16.4 Å². The van der Waals surface area contributed by atoms with Gasteiger partial charge in [0, 0.05) is 26.1 Å². The molecule has 0 aliphatic carbocycles. The van der Waals surface area contributed by atoms with Crippen molar-refractivity contribution in [2.24, 2.45) is 17.1 Å². The molecule has 5 heteroatoms. The van der Waals surface area contributed by atoms with Crippen LogP contribution in [0.1, 0.15) is 40.5 Å². The van der Waals surface area contributed by atoms with Crippen LogP contribution in [-0.2, 0) is 9.59 Å². The fourth-order valence-electron chi connectivity index (χ4n) is 1.75. The molecule has 1 unspecified atom stereocenters. The summed E-state index contributed by atoms with van der Waals surface area (Å²) in [5.74, 6) is -0.283. The average molecular weight is 257 g/mol. The Kier molecular flexibility index (Phi) is 7.59. The first-order valence-electron chi connectivity index (χ1n) is 6.54. The van der Waals surface area contributed by atoms with Gasteiger partial charge >= 0.3 is 0 Å². The summed E-state index contributed by atoms with van der Waals surface area (Å²) in [6.45, 7) is 9.43. The molecule has 0 aromatic carbocycles. The van der Waals surface area contributed by atoms with Crippen LogP contribution < -0.4 is 16.4 Å². The van der Waals surface area contributed by atoms with Crippen LogP contribution >= 0.6 is 0 Å². The monoisotopic (exact) mass is 257 g/mol. The number of hydrogen-bond donors (Lipinski definition) is 3. The van der Waals surface area contributed by atoms with Crippen LogP contribution in [0.25, 0.3) is 0 Å². The quantitative estimate of drug-likeness (QED) is 0.626. The highest BCUT2D eigenvalue weighted by atomic mass is 16.2. The second kappa shape index (κ2) is 8.08. The van der Waals surface area contributed by atoms with Gasteiger partial charge in [-0.15, -0.1) is 0 Å². The Hall–Kier alpha value is -1.10. The van der Waals surface area contributed by atoms with E-state index in [0.717, 1.165) is 6.42 Å². The fraction of sp³-hybridized carbons (Fsp3) is 0.846. The molecule has 0 rings (SSSR count). The van der Waals surface area contributed by atoms with Crippen molar-refractivity contribution in [3.8, 4) is 0 Å². The summed E-state index contributed by atoms with van der Waals surface area (Å²) in [6.07, 6.45) is 1.06.